The Kier molecular flexibility index (Phi) is 3.55. The molecule has 17 heavy (non-hydrogen) atoms. The van der Waals surface area contributed by atoms with Crippen LogP contribution in [-0.2, 0) is 11.2 Å². The van der Waals surface area contributed by atoms with Crippen LogP contribution in [0.5, 0.6) is 0 Å². The molecule has 2 rings (SSSR count). The normalized spacial score (nSPS) is 23.4. The maximum absolute atomic E-state index is 6.32. The monoisotopic (exact) mass is 233 g/mol. The van der Waals surface area contributed by atoms with Crippen molar-refractivity contribution in [2.24, 2.45) is 5.73 Å². The Hall–Kier alpha value is -0.860. The summed E-state index contributed by atoms with van der Waals surface area (Å²) in [6.45, 7) is 4.25. The molecule has 0 fully saturated rings. The maximum atomic E-state index is 6.32. The van der Waals surface area contributed by atoms with Gasteiger partial charge in [-0.3, -0.25) is 0 Å². The zero-order valence-electron chi connectivity index (χ0n) is 11.1. The Balaban J connectivity index is 2.00. The van der Waals surface area contributed by atoms with E-state index in [9.17, 15) is 0 Å². The molecule has 1 aromatic carbocycles. The zero-order chi connectivity index (χ0) is 12.5. The molecule has 2 N–H and O–H groups in total. The average molecular weight is 233 g/mol. The van der Waals surface area contributed by atoms with Crippen LogP contribution in [-0.4, -0.2) is 18.8 Å². The van der Waals surface area contributed by atoms with E-state index in [2.05, 4.69) is 38.1 Å². The van der Waals surface area contributed by atoms with E-state index in [1.54, 1.807) is 7.11 Å². The van der Waals surface area contributed by atoms with Crippen LogP contribution in [0.15, 0.2) is 24.3 Å². The number of methoxy groups -OCH3 is 1. The molecule has 1 aliphatic rings. The molecule has 0 aliphatic heterocycles. The van der Waals surface area contributed by atoms with Crippen molar-refractivity contribution in [1.82, 2.24) is 0 Å². The molecule has 3 atom stereocenters. The zero-order valence-corrected chi connectivity index (χ0v) is 11.1. The van der Waals surface area contributed by atoms with E-state index in [-0.39, 0.29) is 11.6 Å². The van der Waals surface area contributed by atoms with Crippen LogP contribution in [0.1, 0.15) is 43.7 Å². The first-order valence-corrected chi connectivity index (χ1v) is 6.49. The van der Waals surface area contributed by atoms with Crippen LogP contribution in [0, 0.1) is 0 Å². The molecule has 0 bridgehead atoms. The maximum Gasteiger partial charge on any atom is 0.0798 e. The summed E-state index contributed by atoms with van der Waals surface area (Å²) in [5.41, 5.74) is 9.10. The number of hydrogen-bond acceptors (Lipinski definition) is 2. The summed E-state index contributed by atoms with van der Waals surface area (Å²) in [4.78, 5) is 0. The predicted octanol–water partition coefficient (Wildman–Crippen LogP) is 2.86. The highest BCUT2D eigenvalue weighted by Gasteiger charge is 2.35. The van der Waals surface area contributed by atoms with Gasteiger partial charge in [0.15, 0.2) is 0 Å². The van der Waals surface area contributed by atoms with E-state index < -0.39 is 0 Å². The number of hydrogen-bond donors (Lipinski definition) is 1. The van der Waals surface area contributed by atoms with Crippen LogP contribution in [0.4, 0.5) is 0 Å². The van der Waals surface area contributed by atoms with E-state index >= 15 is 0 Å². The molecule has 0 heterocycles. The summed E-state index contributed by atoms with van der Waals surface area (Å²) in [6.07, 6.45) is 3.15. The van der Waals surface area contributed by atoms with Crippen molar-refractivity contribution in [3.63, 3.8) is 0 Å². The molecule has 2 nitrogen and oxygen atoms in total. The molecule has 3 unspecified atom stereocenters. The van der Waals surface area contributed by atoms with Gasteiger partial charge in [0.05, 0.1) is 5.60 Å². The number of ether oxygens (including phenoxy) is 1. The van der Waals surface area contributed by atoms with E-state index in [4.69, 9.17) is 10.5 Å². The minimum Gasteiger partial charge on any atom is -0.377 e. The van der Waals surface area contributed by atoms with Gasteiger partial charge in [0, 0.05) is 13.2 Å². The Morgan fingerprint density at radius 1 is 1.47 bits per heavy atom. The van der Waals surface area contributed by atoms with Crippen LogP contribution in [0.3, 0.4) is 0 Å². The summed E-state index contributed by atoms with van der Waals surface area (Å²) < 4.78 is 5.58. The third kappa shape index (κ3) is 2.24. The van der Waals surface area contributed by atoms with Crippen LogP contribution in [0.25, 0.3) is 0 Å². The third-order valence-electron chi connectivity index (χ3n) is 4.45. The molecule has 1 aliphatic carbocycles. The minimum absolute atomic E-state index is 0.107. The van der Waals surface area contributed by atoms with Gasteiger partial charge in [-0.1, -0.05) is 31.2 Å². The first-order valence-electron chi connectivity index (χ1n) is 6.49. The Morgan fingerprint density at radius 3 is 2.76 bits per heavy atom. The molecule has 0 saturated carbocycles. The van der Waals surface area contributed by atoms with Gasteiger partial charge in [0.25, 0.3) is 0 Å². The second kappa shape index (κ2) is 4.79. The lowest BCUT2D eigenvalue weighted by Crippen LogP contribution is -2.48. The summed E-state index contributed by atoms with van der Waals surface area (Å²) in [7, 11) is 1.76. The topological polar surface area (TPSA) is 35.2 Å². The summed E-state index contributed by atoms with van der Waals surface area (Å²) in [6, 6.07) is 8.78. The smallest absolute Gasteiger partial charge is 0.0798 e. The molecular weight excluding hydrogens is 210 g/mol. The van der Waals surface area contributed by atoms with Gasteiger partial charge in [0.1, 0.15) is 0 Å². The van der Waals surface area contributed by atoms with E-state index in [1.807, 2.05) is 0 Å². The van der Waals surface area contributed by atoms with Crippen LogP contribution in [0.2, 0.25) is 0 Å². The molecule has 0 aromatic heterocycles. The summed E-state index contributed by atoms with van der Waals surface area (Å²) >= 11 is 0. The Morgan fingerprint density at radius 2 is 2.18 bits per heavy atom. The number of fused-ring (bicyclic) bond motifs is 1. The van der Waals surface area contributed by atoms with Crippen molar-refractivity contribution in [1.29, 1.82) is 0 Å². The van der Waals surface area contributed by atoms with Crippen molar-refractivity contribution >= 4 is 0 Å². The first kappa shape index (κ1) is 12.6. The highest BCUT2D eigenvalue weighted by atomic mass is 16.5. The molecule has 0 saturated heterocycles. The molecule has 2 heteroatoms. The molecule has 0 radical (unpaired) electrons. The summed E-state index contributed by atoms with van der Waals surface area (Å²) in [5.74, 6) is 0.627. The fraction of sp³-hybridized carbons (Fsp3) is 0.600. The number of nitrogens with two attached hydrogens (primary N) is 1. The SMILES string of the molecule is CCC(C)(OC)C(N)CC1Cc2ccccc21. The highest BCUT2D eigenvalue weighted by molar-refractivity contribution is 5.40. The second-order valence-corrected chi connectivity index (χ2v) is 5.31. The van der Waals surface area contributed by atoms with Gasteiger partial charge in [-0.05, 0) is 43.2 Å². The number of benzene rings is 1. The fourth-order valence-corrected chi connectivity index (χ4v) is 2.69. The summed E-state index contributed by atoms with van der Waals surface area (Å²) in [5, 5.41) is 0. The predicted molar refractivity (Wildman–Crippen MR) is 71.2 cm³/mol. The second-order valence-electron chi connectivity index (χ2n) is 5.31. The van der Waals surface area contributed by atoms with Crippen molar-refractivity contribution in [2.45, 2.75) is 50.7 Å². The fourth-order valence-electron chi connectivity index (χ4n) is 2.69. The lowest BCUT2D eigenvalue weighted by molar-refractivity contribution is -0.0226. The minimum atomic E-state index is -0.190. The molecule has 1 aromatic rings. The van der Waals surface area contributed by atoms with Crippen molar-refractivity contribution < 1.29 is 4.74 Å². The average Bonchev–Trinajstić information content (AvgIpc) is 2.34. The standard InChI is InChI=1S/C15H23NO/c1-4-15(2,17-3)14(16)10-12-9-11-7-5-6-8-13(11)12/h5-8,12,14H,4,9-10,16H2,1-3H3. The first-order chi connectivity index (χ1) is 8.10. The molecular formula is C15H23NO. The van der Waals surface area contributed by atoms with Crippen molar-refractivity contribution in [3.8, 4) is 0 Å². The van der Waals surface area contributed by atoms with Gasteiger partial charge in [-0.2, -0.15) is 0 Å². The van der Waals surface area contributed by atoms with Crippen LogP contribution >= 0.6 is 0 Å². The van der Waals surface area contributed by atoms with Crippen molar-refractivity contribution in [2.75, 3.05) is 7.11 Å². The lowest BCUT2D eigenvalue weighted by Gasteiger charge is -2.38. The third-order valence-corrected chi connectivity index (χ3v) is 4.45. The van der Waals surface area contributed by atoms with Crippen LogP contribution < -0.4 is 5.73 Å². The largest absolute Gasteiger partial charge is 0.377 e. The Bertz CT molecular complexity index is 384. The van der Waals surface area contributed by atoms with Gasteiger partial charge >= 0.3 is 0 Å². The van der Waals surface area contributed by atoms with E-state index in [0.717, 1.165) is 12.8 Å². The van der Waals surface area contributed by atoms with Crippen molar-refractivity contribution in [3.05, 3.63) is 35.4 Å². The van der Waals surface area contributed by atoms with Gasteiger partial charge in [-0.25, -0.2) is 0 Å². The lowest BCUT2D eigenvalue weighted by atomic mass is 9.72. The van der Waals surface area contributed by atoms with Gasteiger partial charge < -0.3 is 10.5 Å². The number of rotatable bonds is 5. The van der Waals surface area contributed by atoms with Gasteiger partial charge in [0.2, 0.25) is 0 Å². The molecule has 94 valence electrons. The highest BCUT2D eigenvalue weighted by Crippen LogP contribution is 2.39. The van der Waals surface area contributed by atoms with E-state index in [0.29, 0.717) is 5.92 Å². The molecule has 0 spiro atoms. The molecule has 0 amide bonds. The van der Waals surface area contributed by atoms with Gasteiger partial charge in [-0.15, -0.1) is 0 Å². The Labute approximate surface area is 104 Å². The quantitative estimate of drug-likeness (QED) is 0.848. The van der Waals surface area contributed by atoms with E-state index in [1.165, 1.54) is 17.5 Å².